The van der Waals surface area contributed by atoms with Gasteiger partial charge in [-0.25, -0.2) is 14.3 Å². The van der Waals surface area contributed by atoms with Crippen molar-refractivity contribution >= 4 is 17.1 Å². The van der Waals surface area contributed by atoms with E-state index in [1.54, 1.807) is 14.2 Å². The third kappa shape index (κ3) is 3.10. The standard InChI is InChI=1S/C17H19N5O4/c1-20-15-14(16(24)21(2)17(20)25)22(10-19-15)9-13(23)18-8-11-4-6-12(26-3)7-5-11/h4-7,10H,8-9H2,1-3H3,(H,18,23)/p+1. The van der Waals surface area contributed by atoms with E-state index in [4.69, 9.17) is 4.74 Å². The zero-order valence-electron chi connectivity index (χ0n) is 14.8. The van der Waals surface area contributed by atoms with Crippen molar-refractivity contribution in [1.82, 2.24) is 19.4 Å². The van der Waals surface area contributed by atoms with E-state index in [0.29, 0.717) is 12.2 Å². The summed E-state index contributed by atoms with van der Waals surface area (Å²) in [4.78, 5) is 39.4. The lowest BCUT2D eigenvalue weighted by Gasteiger charge is -2.06. The summed E-state index contributed by atoms with van der Waals surface area (Å²) in [5, 5.41) is 2.81. The van der Waals surface area contributed by atoms with Crippen molar-refractivity contribution in [3.8, 4) is 5.75 Å². The summed E-state index contributed by atoms with van der Waals surface area (Å²) in [6, 6.07) is 7.37. The van der Waals surface area contributed by atoms with E-state index in [9.17, 15) is 14.4 Å². The maximum atomic E-state index is 12.4. The van der Waals surface area contributed by atoms with Crippen molar-refractivity contribution in [3.05, 3.63) is 57.0 Å². The molecule has 0 radical (unpaired) electrons. The minimum Gasteiger partial charge on any atom is -0.497 e. The molecule has 3 aromatic rings. The number of aryl methyl sites for hydroxylation is 1. The minimum atomic E-state index is -0.452. The lowest BCUT2D eigenvalue weighted by atomic mass is 10.2. The highest BCUT2D eigenvalue weighted by atomic mass is 16.5. The van der Waals surface area contributed by atoms with Gasteiger partial charge in [-0.3, -0.25) is 18.7 Å². The second kappa shape index (κ2) is 6.87. The maximum absolute atomic E-state index is 12.4. The van der Waals surface area contributed by atoms with Crippen molar-refractivity contribution < 1.29 is 14.1 Å². The van der Waals surface area contributed by atoms with Crippen LogP contribution in [0.2, 0.25) is 0 Å². The monoisotopic (exact) mass is 358 g/mol. The van der Waals surface area contributed by atoms with Crippen molar-refractivity contribution in [2.24, 2.45) is 14.1 Å². The predicted octanol–water partition coefficient (Wildman–Crippen LogP) is -0.822. The number of carbonyl (C=O) groups excluding carboxylic acids is 1. The molecule has 2 heterocycles. The fourth-order valence-corrected chi connectivity index (χ4v) is 2.73. The van der Waals surface area contributed by atoms with Gasteiger partial charge in [0.1, 0.15) is 5.75 Å². The molecule has 0 unspecified atom stereocenters. The Morgan fingerprint density at radius 2 is 1.88 bits per heavy atom. The van der Waals surface area contributed by atoms with Gasteiger partial charge in [-0.15, -0.1) is 0 Å². The van der Waals surface area contributed by atoms with Crippen LogP contribution in [0.1, 0.15) is 5.56 Å². The zero-order valence-corrected chi connectivity index (χ0v) is 14.8. The van der Waals surface area contributed by atoms with Gasteiger partial charge in [-0.1, -0.05) is 12.1 Å². The molecule has 0 aliphatic heterocycles. The molecule has 9 nitrogen and oxygen atoms in total. The Bertz CT molecular complexity index is 1080. The molecule has 0 saturated carbocycles. The number of methoxy groups -OCH3 is 1. The quantitative estimate of drug-likeness (QED) is 0.582. The van der Waals surface area contributed by atoms with Gasteiger partial charge in [0.05, 0.1) is 7.11 Å². The smallest absolute Gasteiger partial charge is 0.333 e. The third-order valence-electron chi connectivity index (χ3n) is 4.25. The van der Waals surface area contributed by atoms with Crippen molar-refractivity contribution in [1.29, 1.82) is 0 Å². The number of amides is 1. The Balaban J connectivity index is 1.77. The topological polar surface area (TPSA) is 102 Å². The Labute approximate surface area is 148 Å². The number of imidazole rings is 1. The summed E-state index contributed by atoms with van der Waals surface area (Å²) in [5.41, 5.74) is 0.699. The molecule has 2 aromatic heterocycles. The highest BCUT2D eigenvalue weighted by Gasteiger charge is 2.21. The van der Waals surface area contributed by atoms with Crippen LogP contribution in [-0.2, 0) is 32.0 Å². The molecule has 136 valence electrons. The summed E-state index contributed by atoms with van der Waals surface area (Å²) in [5.74, 6) is 0.499. The molecule has 2 N–H and O–H groups in total. The molecule has 0 saturated heterocycles. The second-order valence-corrected chi connectivity index (χ2v) is 5.93. The number of ether oxygens (including phenoxy) is 1. The number of nitrogens with zero attached hydrogens (tertiary/aromatic N) is 3. The number of hydrogen-bond acceptors (Lipinski definition) is 4. The van der Waals surface area contributed by atoms with Gasteiger partial charge in [-0.05, 0) is 17.7 Å². The molecule has 0 fully saturated rings. The van der Waals surface area contributed by atoms with Crippen molar-refractivity contribution in [2.75, 3.05) is 7.11 Å². The first kappa shape index (κ1) is 17.5. The highest BCUT2D eigenvalue weighted by molar-refractivity contribution is 5.75. The molecule has 9 heteroatoms. The third-order valence-corrected chi connectivity index (χ3v) is 4.25. The van der Waals surface area contributed by atoms with Gasteiger partial charge in [0.2, 0.25) is 6.33 Å². The van der Waals surface area contributed by atoms with E-state index >= 15 is 0 Å². The number of benzene rings is 1. The van der Waals surface area contributed by atoms with E-state index in [-0.39, 0.29) is 18.0 Å². The minimum absolute atomic E-state index is 0.0381. The lowest BCUT2D eigenvalue weighted by molar-refractivity contribution is -0.659. The lowest BCUT2D eigenvalue weighted by Crippen LogP contribution is -2.47. The molecular weight excluding hydrogens is 338 g/mol. The number of hydrogen-bond donors (Lipinski definition) is 2. The molecular formula is C17H20N5O4+. The summed E-state index contributed by atoms with van der Waals surface area (Å²) < 4.78 is 8.95. The SMILES string of the molecule is COc1ccc(CNC(=O)C[n+]2c[nH]c3c2c(=O)n(C)c(=O)n3C)cc1. The van der Waals surface area contributed by atoms with Gasteiger partial charge in [0.25, 0.3) is 17.1 Å². The number of H-pyrrole nitrogens is 1. The zero-order chi connectivity index (χ0) is 18.8. The van der Waals surface area contributed by atoms with Crippen LogP contribution in [0.3, 0.4) is 0 Å². The fourth-order valence-electron chi connectivity index (χ4n) is 2.73. The van der Waals surface area contributed by atoms with Crippen LogP contribution in [0.15, 0.2) is 40.2 Å². The molecule has 0 bridgehead atoms. The second-order valence-electron chi connectivity index (χ2n) is 5.93. The Morgan fingerprint density at radius 3 is 2.54 bits per heavy atom. The summed E-state index contributed by atoms with van der Waals surface area (Å²) >= 11 is 0. The number of aromatic nitrogens is 4. The Hall–Kier alpha value is -3.36. The molecule has 0 spiro atoms. The summed E-state index contributed by atoms with van der Waals surface area (Å²) in [6.45, 7) is 0.325. The number of fused-ring (bicyclic) bond motifs is 1. The predicted molar refractivity (Wildman–Crippen MR) is 93.8 cm³/mol. The fraction of sp³-hybridized carbons (Fsp3) is 0.294. The van der Waals surface area contributed by atoms with Crippen LogP contribution in [-0.4, -0.2) is 27.1 Å². The van der Waals surface area contributed by atoms with Crippen LogP contribution in [0.25, 0.3) is 11.2 Å². The van der Waals surface area contributed by atoms with Crippen LogP contribution < -0.4 is 25.9 Å². The Kier molecular flexibility index (Phi) is 4.61. The molecule has 3 rings (SSSR count). The normalized spacial score (nSPS) is 10.9. The van der Waals surface area contributed by atoms with Gasteiger partial charge >= 0.3 is 11.2 Å². The van der Waals surface area contributed by atoms with E-state index in [2.05, 4.69) is 10.3 Å². The average molecular weight is 358 g/mol. The first-order chi connectivity index (χ1) is 12.4. The van der Waals surface area contributed by atoms with Gasteiger partial charge in [0.15, 0.2) is 6.54 Å². The van der Waals surface area contributed by atoms with Gasteiger partial charge in [-0.2, -0.15) is 0 Å². The molecule has 0 aliphatic rings. The van der Waals surface area contributed by atoms with E-state index in [1.807, 2.05) is 24.3 Å². The number of nitrogens with one attached hydrogen (secondary N) is 2. The van der Waals surface area contributed by atoms with Gasteiger partial charge < -0.3 is 10.1 Å². The maximum Gasteiger partial charge on any atom is 0.333 e. The molecule has 1 amide bonds. The van der Waals surface area contributed by atoms with Crippen molar-refractivity contribution in [2.45, 2.75) is 13.1 Å². The van der Waals surface area contributed by atoms with Crippen LogP contribution in [0.5, 0.6) is 5.75 Å². The van der Waals surface area contributed by atoms with Crippen LogP contribution >= 0.6 is 0 Å². The molecule has 0 atom stereocenters. The molecule has 0 aliphatic carbocycles. The van der Waals surface area contributed by atoms with Crippen LogP contribution in [0, 0.1) is 0 Å². The largest absolute Gasteiger partial charge is 0.497 e. The average Bonchev–Trinajstić information content (AvgIpc) is 3.07. The van der Waals surface area contributed by atoms with Gasteiger partial charge in [0, 0.05) is 20.6 Å². The van der Waals surface area contributed by atoms with Crippen LogP contribution in [0.4, 0.5) is 0 Å². The first-order valence-corrected chi connectivity index (χ1v) is 7.98. The number of aromatic amines is 1. The van der Waals surface area contributed by atoms with E-state index < -0.39 is 11.2 Å². The highest BCUT2D eigenvalue weighted by Crippen LogP contribution is 2.10. The Morgan fingerprint density at radius 1 is 1.19 bits per heavy atom. The van der Waals surface area contributed by atoms with Crippen molar-refractivity contribution in [3.63, 3.8) is 0 Å². The molecule has 26 heavy (non-hydrogen) atoms. The van der Waals surface area contributed by atoms with E-state index in [1.165, 1.54) is 22.5 Å². The summed E-state index contributed by atoms with van der Waals surface area (Å²) in [7, 11) is 4.56. The van der Waals surface area contributed by atoms with E-state index in [0.717, 1.165) is 15.9 Å². The summed E-state index contributed by atoms with van der Waals surface area (Å²) in [6.07, 6.45) is 1.51. The first-order valence-electron chi connectivity index (χ1n) is 7.98. The number of carbonyl (C=O) groups is 1. The number of rotatable bonds is 5. The molecule has 1 aromatic carbocycles.